The van der Waals surface area contributed by atoms with Crippen LogP contribution in [0.1, 0.15) is 51.3 Å². The molecule has 5 aromatic rings. The van der Waals surface area contributed by atoms with Gasteiger partial charge in [0.05, 0.1) is 31.1 Å². The Hall–Kier alpha value is -5.56. The van der Waals surface area contributed by atoms with E-state index in [2.05, 4.69) is 30.0 Å². The molecule has 254 valence electrons. The van der Waals surface area contributed by atoms with Gasteiger partial charge >= 0.3 is 0 Å². The number of anilines is 1. The molecule has 12 nitrogen and oxygen atoms in total. The Balaban J connectivity index is 1.52. The SMILES string of the molecule is COc1ccccc1Oc1c(NS(=O)(=O)c2ccc(C(C)(C)C)cc2)nc(-c2ncccn2)nc1OCCC(=O)NC(C)c1ccccc1. The van der Waals surface area contributed by atoms with Crippen molar-refractivity contribution in [2.75, 3.05) is 18.4 Å². The lowest BCUT2D eigenvalue weighted by Gasteiger charge is -2.20. The number of rotatable bonds is 13. The number of nitrogens with one attached hydrogen (secondary N) is 2. The van der Waals surface area contributed by atoms with Crippen molar-refractivity contribution in [2.24, 2.45) is 0 Å². The van der Waals surface area contributed by atoms with Crippen molar-refractivity contribution in [3.8, 4) is 34.8 Å². The molecule has 0 saturated heterocycles. The maximum Gasteiger partial charge on any atom is 0.263 e. The van der Waals surface area contributed by atoms with Gasteiger partial charge in [0.15, 0.2) is 23.1 Å². The molecule has 0 aliphatic rings. The number of amides is 1. The summed E-state index contributed by atoms with van der Waals surface area (Å²) in [6.45, 7) is 7.89. The summed E-state index contributed by atoms with van der Waals surface area (Å²) < 4.78 is 47.9. The van der Waals surface area contributed by atoms with Crippen LogP contribution in [-0.4, -0.2) is 48.0 Å². The van der Waals surface area contributed by atoms with Gasteiger partial charge in [0.1, 0.15) is 0 Å². The zero-order valence-corrected chi connectivity index (χ0v) is 28.7. The fourth-order valence-electron chi connectivity index (χ4n) is 4.72. The van der Waals surface area contributed by atoms with E-state index in [0.717, 1.165) is 11.1 Å². The van der Waals surface area contributed by atoms with Gasteiger partial charge in [0.2, 0.25) is 17.5 Å². The van der Waals surface area contributed by atoms with Gasteiger partial charge in [0.25, 0.3) is 15.9 Å². The first-order chi connectivity index (χ1) is 23.4. The molecular weight excluding hydrogens is 644 g/mol. The first-order valence-electron chi connectivity index (χ1n) is 15.6. The van der Waals surface area contributed by atoms with Gasteiger partial charge in [-0.1, -0.05) is 75.4 Å². The summed E-state index contributed by atoms with van der Waals surface area (Å²) in [5.41, 5.74) is 1.75. The normalized spacial score (nSPS) is 12.1. The molecule has 5 rings (SSSR count). The molecule has 2 aromatic heterocycles. The van der Waals surface area contributed by atoms with Crippen LogP contribution in [0, 0.1) is 0 Å². The highest BCUT2D eigenvalue weighted by Crippen LogP contribution is 2.41. The standard InChI is InChI=1S/C36H38N6O6S/c1-24(25-12-7-6-8-13-25)39-30(43)20-23-47-35-31(48-29-15-10-9-14-28(29)46-5)32(40-34(41-35)33-37-21-11-22-38-33)42-49(44,45)27-18-16-26(17-19-27)36(2,3)4/h6-19,21-22,24H,20,23H2,1-5H3,(H,39,43)(H,40,41,42). The fourth-order valence-corrected chi connectivity index (χ4v) is 5.72. The topological polar surface area (TPSA) is 155 Å². The van der Waals surface area contributed by atoms with E-state index in [-0.39, 0.29) is 70.1 Å². The number of benzene rings is 3. The lowest BCUT2D eigenvalue weighted by atomic mass is 9.87. The summed E-state index contributed by atoms with van der Waals surface area (Å²) in [4.78, 5) is 30.4. The van der Waals surface area contributed by atoms with E-state index in [1.165, 1.54) is 31.6 Å². The van der Waals surface area contributed by atoms with E-state index in [0.29, 0.717) is 5.75 Å². The molecule has 13 heteroatoms. The number of ether oxygens (including phenoxy) is 3. The van der Waals surface area contributed by atoms with Crippen LogP contribution in [0.4, 0.5) is 5.82 Å². The quantitative estimate of drug-likeness (QED) is 0.141. The summed E-state index contributed by atoms with van der Waals surface area (Å²) in [5, 5.41) is 2.95. The Bertz CT molecular complexity index is 1990. The van der Waals surface area contributed by atoms with Crippen molar-refractivity contribution < 1.29 is 27.4 Å². The van der Waals surface area contributed by atoms with Crippen molar-refractivity contribution >= 4 is 21.7 Å². The first kappa shape index (κ1) is 34.8. The number of hydrogen-bond donors (Lipinski definition) is 2. The fraction of sp³-hybridized carbons (Fsp3) is 0.250. The summed E-state index contributed by atoms with van der Waals surface area (Å²) in [6, 6.07) is 24.4. The second-order valence-electron chi connectivity index (χ2n) is 12.0. The van der Waals surface area contributed by atoms with Gasteiger partial charge in [0, 0.05) is 12.4 Å². The van der Waals surface area contributed by atoms with Crippen LogP contribution in [0.2, 0.25) is 0 Å². The predicted octanol–water partition coefficient (Wildman–Crippen LogP) is 6.48. The van der Waals surface area contributed by atoms with Gasteiger partial charge in [-0.05, 0) is 53.8 Å². The number of sulfonamides is 1. The third kappa shape index (κ3) is 8.87. The van der Waals surface area contributed by atoms with Crippen LogP contribution in [0.5, 0.6) is 23.1 Å². The monoisotopic (exact) mass is 682 g/mol. The molecule has 49 heavy (non-hydrogen) atoms. The van der Waals surface area contributed by atoms with Crippen LogP contribution in [0.3, 0.4) is 0 Å². The van der Waals surface area contributed by atoms with Gasteiger partial charge < -0.3 is 19.5 Å². The highest BCUT2D eigenvalue weighted by atomic mass is 32.2. The van der Waals surface area contributed by atoms with E-state index in [4.69, 9.17) is 14.2 Å². The largest absolute Gasteiger partial charge is 0.493 e. The highest BCUT2D eigenvalue weighted by Gasteiger charge is 2.27. The Morgan fingerprint density at radius 1 is 0.837 bits per heavy atom. The number of nitrogens with zero attached hydrogens (tertiary/aromatic N) is 4. The summed E-state index contributed by atoms with van der Waals surface area (Å²) in [6.07, 6.45) is 2.97. The number of carbonyl (C=O) groups is 1. The minimum absolute atomic E-state index is 0.00606. The summed E-state index contributed by atoms with van der Waals surface area (Å²) in [7, 11) is -2.73. The zero-order chi connectivity index (χ0) is 35.0. The third-order valence-corrected chi connectivity index (χ3v) is 8.74. The minimum atomic E-state index is -4.21. The molecule has 1 unspecified atom stereocenters. The van der Waals surface area contributed by atoms with E-state index in [9.17, 15) is 13.2 Å². The summed E-state index contributed by atoms with van der Waals surface area (Å²) >= 11 is 0. The average molecular weight is 683 g/mol. The van der Waals surface area contributed by atoms with Crippen molar-refractivity contribution in [3.63, 3.8) is 0 Å². The molecule has 0 saturated carbocycles. The van der Waals surface area contributed by atoms with Crippen LogP contribution < -0.4 is 24.2 Å². The Kier molecular flexibility index (Phi) is 10.7. The van der Waals surface area contributed by atoms with Crippen molar-refractivity contribution in [1.82, 2.24) is 25.3 Å². The van der Waals surface area contributed by atoms with Gasteiger partial charge in [-0.2, -0.15) is 4.98 Å². The first-order valence-corrected chi connectivity index (χ1v) is 17.0. The van der Waals surface area contributed by atoms with E-state index >= 15 is 0 Å². The number of methoxy groups -OCH3 is 1. The second kappa shape index (κ2) is 15.1. The third-order valence-electron chi connectivity index (χ3n) is 7.39. The summed E-state index contributed by atoms with van der Waals surface area (Å²) in [5.74, 6) is -0.114. The van der Waals surface area contributed by atoms with E-state index in [1.807, 2.05) is 58.0 Å². The molecule has 3 aromatic carbocycles. The zero-order valence-electron chi connectivity index (χ0n) is 27.9. The predicted molar refractivity (Wildman–Crippen MR) is 185 cm³/mol. The maximum absolute atomic E-state index is 13.8. The van der Waals surface area contributed by atoms with Crippen LogP contribution >= 0.6 is 0 Å². The Labute approximate surface area is 286 Å². The van der Waals surface area contributed by atoms with E-state index in [1.54, 1.807) is 42.5 Å². The lowest BCUT2D eigenvalue weighted by molar-refractivity contribution is -0.122. The van der Waals surface area contributed by atoms with Crippen molar-refractivity contribution in [3.05, 3.63) is 108 Å². The minimum Gasteiger partial charge on any atom is -0.493 e. The molecule has 0 aliphatic heterocycles. The molecule has 1 amide bonds. The lowest BCUT2D eigenvalue weighted by Crippen LogP contribution is -2.28. The van der Waals surface area contributed by atoms with Crippen LogP contribution in [-0.2, 0) is 20.2 Å². The number of hydrogen-bond acceptors (Lipinski definition) is 10. The van der Waals surface area contributed by atoms with Gasteiger partial charge in [-0.3, -0.25) is 9.52 Å². The maximum atomic E-state index is 13.8. The van der Waals surface area contributed by atoms with Crippen LogP contribution in [0.25, 0.3) is 11.6 Å². The van der Waals surface area contributed by atoms with Crippen molar-refractivity contribution in [2.45, 2.75) is 50.5 Å². The molecule has 2 heterocycles. The molecule has 0 aliphatic carbocycles. The number of carbonyl (C=O) groups excluding carboxylic acids is 1. The van der Waals surface area contributed by atoms with Gasteiger partial charge in [-0.25, -0.2) is 23.4 Å². The molecule has 0 spiro atoms. The number of para-hydroxylation sites is 2. The molecule has 2 N–H and O–H groups in total. The molecule has 0 radical (unpaired) electrons. The number of aromatic nitrogens is 4. The van der Waals surface area contributed by atoms with E-state index < -0.39 is 10.0 Å². The van der Waals surface area contributed by atoms with Crippen LogP contribution in [0.15, 0.2) is 102 Å². The smallest absolute Gasteiger partial charge is 0.263 e. The molecule has 0 fully saturated rings. The Morgan fingerprint density at radius 2 is 1.49 bits per heavy atom. The average Bonchev–Trinajstić information content (AvgIpc) is 3.10. The van der Waals surface area contributed by atoms with Gasteiger partial charge in [-0.15, -0.1) is 0 Å². The highest BCUT2D eigenvalue weighted by molar-refractivity contribution is 7.92. The molecular formula is C36H38N6O6S. The second-order valence-corrected chi connectivity index (χ2v) is 13.7. The van der Waals surface area contributed by atoms with Crippen molar-refractivity contribution in [1.29, 1.82) is 0 Å². The molecule has 1 atom stereocenters. The Morgan fingerprint density at radius 3 is 2.14 bits per heavy atom. The molecule has 0 bridgehead atoms.